The zero-order valence-electron chi connectivity index (χ0n) is 12.3. The summed E-state index contributed by atoms with van der Waals surface area (Å²) in [6, 6.07) is 8.79. The molecule has 21 heavy (non-hydrogen) atoms. The van der Waals surface area contributed by atoms with Crippen molar-refractivity contribution in [3.63, 3.8) is 0 Å². The van der Waals surface area contributed by atoms with Crippen LogP contribution >= 0.6 is 0 Å². The van der Waals surface area contributed by atoms with E-state index in [4.69, 9.17) is 0 Å². The van der Waals surface area contributed by atoms with Crippen molar-refractivity contribution in [1.29, 1.82) is 0 Å². The summed E-state index contributed by atoms with van der Waals surface area (Å²) in [6.07, 6.45) is 2.74. The number of aromatic amines is 1. The molecular weight excluding hydrogens is 264 g/mol. The third kappa shape index (κ3) is 3.39. The second kappa shape index (κ2) is 5.95. The van der Waals surface area contributed by atoms with Gasteiger partial charge in [-0.15, -0.1) is 0 Å². The number of nitrogens with zero attached hydrogens (tertiary/aromatic N) is 3. The van der Waals surface area contributed by atoms with Gasteiger partial charge in [-0.3, -0.25) is 10.1 Å². The Hall–Kier alpha value is -2.37. The second-order valence-corrected chi connectivity index (χ2v) is 5.42. The zero-order chi connectivity index (χ0) is 14.7. The van der Waals surface area contributed by atoms with E-state index in [1.54, 1.807) is 7.05 Å². The maximum atomic E-state index is 4.26. The first-order chi connectivity index (χ1) is 10.3. The highest BCUT2D eigenvalue weighted by atomic mass is 15.2. The van der Waals surface area contributed by atoms with Crippen molar-refractivity contribution < 1.29 is 0 Å². The van der Waals surface area contributed by atoms with Crippen molar-refractivity contribution in [3.8, 4) is 11.4 Å². The number of nitrogens with one attached hydrogen (secondary N) is 3. The van der Waals surface area contributed by atoms with Gasteiger partial charge in [0.05, 0.1) is 0 Å². The summed E-state index contributed by atoms with van der Waals surface area (Å²) in [6.45, 7) is 2.97. The van der Waals surface area contributed by atoms with Crippen molar-refractivity contribution in [1.82, 2.24) is 25.8 Å². The molecule has 1 heterocycles. The first-order valence-corrected chi connectivity index (χ1v) is 7.18. The van der Waals surface area contributed by atoms with Crippen LogP contribution in [0.1, 0.15) is 18.9 Å². The molecule has 1 fully saturated rings. The molecule has 1 aromatic heterocycles. The van der Waals surface area contributed by atoms with Crippen molar-refractivity contribution in [2.45, 2.75) is 25.9 Å². The minimum absolute atomic E-state index is 0.566. The molecule has 3 rings (SSSR count). The predicted octanol–water partition coefficient (Wildman–Crippen LogP) is 1.55. The number of aromatic nitrogens is 3. The maximum Gasteiger partial charge on any atom is 0.191 e. The van der Waals surface area contributed by atoms with Crippen LogP contribution in [-0.2, 0) is 6.54 Å². The molecule has 0 radical (unpaired) electrons. The molecule has 0 saturated heterocycles. The van der Waals surface area contributed by atoms with Gasteiger partial charge in [0.2, 0.25) is 0 Å². The highest BCUT2D eigenvalue weighted by Crippen LogP contribution is 2.28. The van der Waals surface area contributed by atoms with Gasteiger partial charge in [0.1, 0.15) is 6.33 Å². The van der Waals surface area contributed by atoms with Crippen LogP contribution in [0.2, 0.25) is 0 Å². The lowest BCUT2D eigenvalue weighted by molar-refractivity contribution is 0.763. The SMILES string of the molecule is CN=C(NCc1cccc(-c2ncn[nH]2)c1)NC1CC1C. The first-order valence-electron chi connectivity index (χ1n) is 7.18. The van der Waals surface area contributed by atoms with E-state index in [2.05, 4.69) is 49.9 Å². The van der Waals surface area contributed by atoms with E-state index < -0.39 is 0 Å². The van der Waals surface area contributed by atoms with Crippen molar-refractivity contribution in [2.24, 2.45) is 10.9 Å². The maximum absolute atomic E-state index is 4.26. The Morgan fingerprint density at radius 3 is 3.00 bits per heavy atom. The molecule has 110 valence electrons. The molecule has 2 aromatic rings. The Balaban J connectivity index is 1.61. The summed E-state index contributed by atoms with van der Waals surface area (Å²) < 4.78 is 0. The molecule has 1 aliphatic rings. The minimum Gasteiger partial charge on any atom is -0.353 e. The van der Waals surface area contributed by atoms with Gasteiger partial charge in [-0.1, -0.05) is 25.1 Å². The Bertz CT molecular complexity index is 619. The molecule has 6 nitrogen and oxygen atoms in total. The first kappa shape index (κ1) is 13.6. The molecular formula is C15H20N6. The summed E-state index contributed by atoms with van der Waals surface area (Å²) in [5, 5.41) is 13.5. The van der Waals surface area contributed by atoms with E-state index in [0.717, 1.165) is 29.8 Å². The van der Waals surface area contributed by atoms with Crippen LogP contribution in [0, 0.1) is 5.92 Å². The molecule has 2 atom stereocenters. The summed E-state index contributed by atoms with van der Waals surface area (Å²) in [5.74, 6) is 2.39. The molecule has 2 unspecified atom stereocenters. The van der Waals surface area contributed by atoms with E-state index in [9.17, 15) is 0 Å². The number of rotatable bonds is 4. The summed E-state index contributed by atoms with van der Waals surface area (Å²) in [4.78, 5) is 8.43. The number of aliphatic imine (C=N–C) groups is 1. The van der Waals surface area contributed by atoms with Gasteiger partial charge in [-0.2, -0.15) is 5.10 Å². The standard InChI is InChI=1S/C15H20N6/c1-10-6-13(10)20-15(16-2)17-8-11-4-3-5-12(7-11)14-18-9-19-21-14/h3-5,7,9-10,13H,6,8H2,1-2H3,(H2,16,17,20)(H,18,19,21). The van der Waals surface area contributed by atoms with Crippen molar-refractivity contribution in [2.75, 3.05) is 7.05 Å². The number of hydrogen-bond donors (Lipinski definition) is 3. The Kier molecular flexibility index (Phi) is 3.85. The van der Waals surface area contributed by atoms with Crippen LogP contribution < -0.4 is 10.6 Å². The van der Waals surface area contributed by atoms with Gasteiger partial charge in [-0.25, -0.2) is 4.98 Å². The van der Waals surface area contributed by atoms with E-state index in [1.807, 2.05) is 12.1 Å². The molecule has 0 bridgehead atoms. The monoisotopic (exact) mass is 284 g/mol. The number of hydrogen-bond acceptors (Lipinski definition) is 3. The fraction of sp³-hybridized carbons (Fsp3) is 0.400. The lowest BCUT2D eigenvalue weighted by Crippen LogP contribution is -2.38. The topological polar surface area (TPSA) is 78.0 Å². The smallest absolute Gasteiger partial charge is 0.191 e. The molecule has 3 N–H and O–H groups in total. The molecule has 1 aliphatic carbocycles. The summed E-state index contributed by atoms with van der Waals surface area (Å²) >= 11 is 0. The lowest BCUT2D eigenvalue weighted by Gasteiger charge is -2.12. The van der Waals surface area contributed by atoms with Crippen molar-refractivity contribution in [3.05, 3.63) is 36.2 Å². The predicted molar refractivity (Wildman–Crippen MR) is 82.7 cm³/mol. The third-order valence-corrected chi connectivity index (χ3v) is 3.73. The van der Waals surface area contributed by atoms with Crippen LogP contribution in [0.5, 0.6) is 0 Å². The van der Waals surface area contributed by atoms with Crippen LogP contribution in [0.15, 0.2) is 35.6 Å². The molecule has 6 heteroatoms. The highest BCUT2D eigenvalue weighted by Gasteiger charge is 2.33. The van der Waals surface area contributed by atoms with Gasteiger partial charge in [0.25, 0.3) is 0 Å². The minimum atomic E-state index is 0.566. The van der Waals surface area contributed by atoms with E-state index in [-0.39, 0.29) is 0 Å². The summed E-state index contributed by atoms with van der Waals surface area (Å²) in [7, 11) is 1.80. The molecule has 0 amide bonds. The third-order valence-electron chi connectivity index (χ3n) is 3.73. The quantitative estimate of drug-likeness (QED) is 0.588. The Morgan fingerprint density at radius 1 is 1.48 bits per heavy atom. The van der Waals surface area contributed by atoms with Crippen LogP contribution in [0.4, 0.5) is 0 Å². The van der Waals surface area contributed by atoms with Crippen LogP contribution in [0.3, 0.4) is 0 Å². The molecule has 0 spiro atoms. The second-order valence-electron chi connectivity index (χ2n) is 5.42. The normalized spacial score (nSPS) is 21.1. The van der Waals surface area contributed by atoms with Gasteiger partial charge in [-0.05, 0) is 24.0 Å². The van der Waals surface area contributed by atoms with Gasteiger partial charge >= 0.3 is 0 Å². The van der Waals surface area contributed by atoms with Crippen LogP contribution in [0.25, 0.3) is 11.4 Å². The molecule has 1 aromatic carbocycles. The fourth-order valence-electron chi connectivity index (χ4n) is 2.25. The average molecular weight is 284 g/mol. The van der Waals surface area contributed by atoms with Gasteiger partial charge in [0, 0.05) is 25.2 Å². The Morgan fingerprint density at radius 2 is 2.33 bits per heavy atom. The molecule has 1 saturated carbocycles. The zero-order valence-corrected chi connectivity index (χ0v) is 12.3. The van der Waals surface area contributed by atoms with E-state index in [1.165, 1.54) is 18.3 Å². The fourth-order valence-corrected chi connectivity index (χ4v) is 2.25. The Labute approximate surface area is 124 Å². The highest BCUT2D eigenvalue weighted by molar-refractivity contribution is 5.80. The number of guanidine groups is 1. The largest absolute Gasteiger partial charge is 0.353 e. The number of benzene rings is 1. The average Bonchev–Trinajstić information content (AvgIpc) is 2.98. The van der Waals surface area contributed by atoms with Crippen molar-refractivity contribution >= 4 is 5.96 Å². The lowest BCUT2D eigenvalue weighted by atomic mass is 10.1. The van der Waals surface area contributed by atoms with Gasteiger partial charge < -0.3 is 10.6 Å². The van der Waals surface area contributed by atoms with E-state index in [0.29, 0.717) is 6.04 Å². The van der Waals surface area contributed by atoms with E-state index >= 15 is 0 Å². The molecule has 0 aliphatic heterocycles. The van der Waals surface area contributed by atoms with Gasteiger partial charge in [0.15, 0.2) is 11.8 Å². The summed E-state index contributed by atoms with van der Waals surface area (Å²) in [5.41, 5.74) is 2.21. The number of H-pyrrole nitrogens is 1. The van der Waals surface area contributed by atoms with Crippen LogP contribution in [-0.4, -0.2) is 34.2 Å².